The van der Waals surface area contributed by atoms with Crippen LogP contribution in [0.3, 0.4) is 0 Å². The molecular weight excluding hydrogens is 448 g/mol. The molecule has 1 saturated heterocycles. The van der Waals surface area contributed by atoms with Gasteiger partial charge in [-0.3, -0.25) is 10.2 Å². The molecule has 0 spiro atoms. The highest BCUT2D eigenvalue weighted by Gasteiger charge is 2.25. The monoisotopic (exact) mass is 474 g/mol. The van der Waals surface area contributed by atoms with E-state index in [9.17, 15) is 4.79 Å². The third kappa shape index (κ3) is 6.71. The number of piperazine rings is 1. The van der Waals surface area contributed by atoms with E-state index >= 15 is 0 Å². The zero-order valence-corrected chi connectivity index (χ0v) is 20.4. The van der Waals surface area contributed by atoms with Gasteiger partial charge in [-0.15, -0.1) is 11.3 Å². The van der Waals surface area contributed by atoms with Crippen LogP contribution in [-0.2, 0) is 11.3 Å². The van der Waals surface area contributed by atoms with E-state index < -0.39 is 0 Å². The van der Waals surface area contributed by atoms with Crippen LogP contribution in [0, 0.1) is 5.41 Å². The van der Waals surface area contributed by atoms with Gasteiger partial charge in [-0.05, 0) is 48.7 Å². The molecule has 0 radical (unpaired) electrons. The van der Waals surface area contributed by atoms with Crippen LogP contribution < -0.4 is 0 Å². The molecule has 0 unspecified atom stereocenters. The smallest absolute Gasteiger partial charge is 0.238 e. The highest BCUT2D eigenvalue weighted by molar-refractivity contribution is 7.99. The number of halogens is 1. The molecule has 1 amide bonds. The van der Waals surface area contributed by atoms with Crippen molar-refractivity contribution in [2.75, 3.05) is 33.7 Å². The average molecular weight is 475 g/mol. The maximum Gasteiger partial charge on any atom is 0.238 e. The van der Waals surface area contributed by atoms with E-state index in [-0.39, 0.29) is 5.91 Å². The Labute approximate surface area is 197 Å². The number of hydrogen-bond donors (Lipinski definition) is 1. The van der Waals surface area contributed by atoms with Crippen LogP contribution in [0.25, 0.3) is 6.08 Å². The first-order valence-electron chi connectivity index (χ1n) is 10.0. The number of allylic oxidation sites excluding steroid dienone is 3. The van der Waals surface area contributed by atoms with Crippen molar-refractivity contribution in [2.45, 2.75) is 17.7 Å². The molecule has 1 aliphatic rings. The van der Waals surface area contributed by atoms with Crippen LogP contribution in [-0.4, -0.2) is 59.6 Å². The summed E-state index contributed by atoms with van der Waals surface area (Å²) in [5.41, 5.74) is 1.95. The van der Waals surface area contributed by atoms with Crippen molar-refractivity contribution in [3.8, 4) is 0 Å². The first kappa shape index (κ1) is 23.6. The maximum atomic E-state index is 12.7. The fourth-order valence-electron chi connectivity index (χ4n) is 3.11. The predicted octanol–water partition coefficient (Wildman–Crippen LogP) is 5.14. The Balaban J connectivity index is 1.53. The summed E-state index contributed by atoms with van der Waals surface area (Å²) in [7, 11) is 3.72. The molecule has 1 aliphatic heterocycles. The van der Waals surface area contributed by atoms with Gasteiger partial charge in [0.25, 0.3) is 0 Å². The molecule has 3 rings (SSSR count). The van der Waals surface area contributed by atoms with Crippen molar-refractivity contribution in [1.82, 2.24) is 14.1 Å². The summed E-state index contributed by atoms with van der Waals surface area (Å²) in [5, 5.41) is 8.75. The normalized spacial score (nSPS) is 15.7. The lowest BCUT2D eigenvalue weighted by Gasteiger charge is -2.33. The van der Waals surface area contributed by atoms with Gasteiger partial charge >= 0.3 is 0 Å². The fraction of sp³-hybridized carbons (Fsp3) is 0.304. The SMILES string of the molecule is C/C=C\C(Cl)=C/c1ccc(SN2CCN(Cc3ccc(C(=N)N(C)C)cc3)C(=O)C2)s1. The van der Waals surface area contributed by atoms with E-state index in [1.54, 1.807) is 28.2 Å². The first-order valence-corrected chi connectivity index (χ1v) is 12.0. The van der Waals surface area contributed by atoms with E-state index in [4.69, 9.17) is 17.0 Å². The molecule has 1 aromatic carbocycles. The summed E-state index contributed by atoms with van der Waals surface area (Å²) in [5.74, 6) is 0.612. The number of carbonyl (C=O) groups excluding carboxylic acids is 1. The molecule has 2 aromatic rings. The van der Waals surface area contributed by atoms with Gasteiger partial charge in [-0.25, -0.2) is 4.31 Å². The standard InChI is InChI=1S/C23H27ClN4OS2/c1-4-5-19(24)14-20-10-11-22(30-20)31-28-13-12-27(21(29)16-28)15-17-6-8-18(9-7-17)23(25)26(2)3/h4-11,14,25H,12-13,15-16H2,1-3H3/b5-4-,19-14+,25-23?. The zero-order chi connectivity index (χ0) is 22.4. The van der Waals surface area contributed by atoms with Gasteiger partial charge in [0.2, 0.25) is 5.91 Å². The number of hydrogen-bond acceptors (Lipinski definition) is 5. The van der Waals surface area contributed by atoms with Crippen molar-refractivity contribution in [1.29, 1.82) is 5.41 Å². The van der Waals surface area contributed by atoms with Crippen LogP contribution in [0.1, 0.15) is 22.9 Å². The molecular formula is C23H27ClN4OS2. The number of nitrogens with one attached hydrogen (secondary N) is 1. The van der Waals surface area contributed by atoms with Crippen LogP contribution in [0.4, 0.5) is 0 Å². The van der Waals surface area contributed by atoms with Crippen LogP contribution in [0.15, 0.2) is 57.8 Å². The molecule has 0 saturated carbocycles. The highest BCUT2D eigenvalue weighted by atomic mass is 35.5. The number of carbonyl (C=O) groups is 1. The molecule has 2 heterocycles. The largest absolute Gasteiger partial charge is 0.363 e. The number of nitrogens with zero attached hydrogens (tertiary/aromatic N) is 3. The molecule has 31 heavy (non-hydrogen) atoms. The lowest BCUT2D eigenvalue weighted by Crippen LogP contribution is -2.47. The third-order valence-corrected chi connectivity index (χ3v) is 7.18. The summed E-state index contributed by atoms with van der Waals surface area (Å²) in [6, 6.07) is 12.0. The molecule has 1 fully saturated rings. The van der Waals surface area contributed by atoms with Gasteiger partial charge in [0.15, 0.2) is 0 Å². The van der Waals surface area contributed by atoms with E-state index in [0.29, 0.717) is 30.5 Å². The number of amides is 1. The van der Waals surface area contributed by atoms with Crippen molar-refractivity contribution in [3.63, 3.8) is 0 Å². The van der Waals surface area contributed by atoms with Crippen LogP contribution in [0.5, 0.6) is 0 Å². The lowest BCUT2D eigenvalue weighted by atomic mass is 10.1. The van der Waals surface area contributed by atoms with E-state index in [1.807, 2.05) is 68.4 Å². The molecule has 5 nitrogen and oxygen atoms in total. The summed E-state index contributed by atoms with van der Waals surface area (Å²) in [6.07, 6.45) is 5.73. The fourth-order valence-corrected chi connectivity index (χ4v) is 5.59. The third-order valence-electron chi connectivity index (χ3n) is 4.76. The Kier molecular flexibility index (Phi) is 8.37. The van der Waals surface area contributed by atoms with Gasteiger partial charge in [0.05, 0.1) is 10.8 Å². The summed E-state index contributed by atoms with van der Waals surface area (Å²) in [4.78, 5) is 17.5. The van der Waals surface area contributed by atoms with Crippen molar-refractivity contribution in [3.05, 3.63) is 69.6 Å². The van der Waals surface area contributed by atoms with Crippen molar-refractivity contribution in [2.24, 2.45) is 0 Å². The Morgan fingerprint density at radius 3 is 2.61 bits per heavy atom. The Hall–Kier alpha value is -2.06. The molecule has 164 valence electrons. The second kappa shape index (κ2) is 11.0. The minimum absolute atomic E-state index is 0.136. The van der Waals surface area contributed by atoms with Crippen molar-refractivity contribution < 1.29 is 4.79 Å². The molecule has 1 N–H and O–H groups in total. The maximum absolute atomic E-state index is 12.7. The van der Waals surface area contributed by atoms with E-state index in [0.717, 1.165) is 26.8 Å². The molecule has 1 aromatic heterocycles. The Bertz CT molecular complexity index is 982. The van der Waals surface area contributed by atoms with Gasteiger partial charge in [0, 0.05) is 49.2 Å². The highest BCUT2D eigenvalue weighted by Crippen LogP contribution is 2.32. The van der Waals surface area contributed by atoms with Gasteiger partial charge in [-0.1, -0.05) is 41.9 Å². The van der Waals surface area contributed by atoms with Crippen molar-refractivity contribution >= 4 is 52.7 Å². The van der Waals surface area contributed by atoms with Crippen LogP contribution in [0.2, 0.25) is 0 Å². The number of rotatable bonds is 7. The van der Waals surface area contributed by atoms with Gasteiger partial charge < -0.3 is 9.80 Å². The summed E-state index contributed by atoms with van der Waals surface area (Å²) in [6.45, 7) is 4.46. The van der Waals surface area contributed by atoms with E-state index in [1.165, 1.54) is 0 Å². The lowest BCUT2D eigenvalue weighted by molar-refractivity contribution is -0.134. The second-order valence-corrected chi connectivity index (χ2v) is 10.3. The Morgan fingerprint density at radius 1 is 1.23 bits per heavy atom. The minimum Gasteiger partial charge on any atom is -0.363 e. The quantitative estimate of drug-likeness (QED) is 0.261. The molecule has 0 bridgehead atoms. The van der Waals surface area contributed by atoms with Gasteiger partial charge in [0.1, 0.15) is 5.84 Å². The minimum atomic E-state index is 0.136. The number of amidine groups is 1. The Morgan fingerprint density at radius 2 is 1.97 bits per heavy atom. The summed E-state index contributed by atoms with van der Waals surface area (Å²) >= 11 is 9.46. The second-order valence-electron chi connectivity index (χ2n) is 7.40. The topological polar surface area (TPSA) is 50.6 Å². The van der Waals surface area contributed by atoms with Crippen LogP contribution >= 0.6 is 34.9 Å². The predicted molar refractivity (Wildman–Crippen MR) is 133 cm³/mol. The summed E-state index contributed by atoms with van der Waals surface area (Å²) < 4.78 is 3.27. The molecule has 8 heteroatoms. The average Bonchev–Trinajstić information content (AvgIpc) is 3.16. The van der Waals surface area contributed by atoms with Gasteiger partial charge in [-0.2, -0.15) is 0 Å². The number of thiophene rings is 1. The molecule has 0 atom stereocenters. The number of benzene rings is 1. The first-order chi connectivity index (χ1) is 14.9. The zero-order valence-electron chi connectivity index (χ0n) is 18.0. The van der Waals surface area contributed by atoms with E-state index in [2.05, 4.69) is 16.4 Å². The molecule has 0 aliphatic carbocycles.